The van der Waals surface area contributed by atoms with Gasteiger partial charge in [-0.15, -0.1) is 0 Å². The van der Waals surface area contributed by atoms with Gasteiger partial charge in [0.25, 0.3) is 0 Å². The van der Waals surface area contributed by atoms with Gasteiger partial charge in [-0.05, 0) is 13.8 Å². The lowest BCUT2D eigenvalue weighted by atomic mass is 10.1. The average Bonchev–Trinajstić information content (AvgIpc) is 2.45. The van der Waals surface area contributed by atoms with Gasteiger partial charge in [0.05, 0.1) is 7.11 Å². The maximum absolute atomic E-state index is 10.7. The summed E-state index contributed by atoms with van der Waals surface area (Å²) in [6.07, 6.45) is -3.16. The topological polar surface area (TPSA) is 71.1 Å². The van der Waals surface area contributed by atoms with Crippen molar-refractivity contribution >= 4 is 12.3 Å². The fraction of sp³-hybridized carbons (Fsp3) is 0.750. The number of hydrogen-bond acceptors (Lipinski definition) is 6. The van der Waals surface area contributed by atoms with Crippen LogP contribution < -0.4 is 0 Å². The predicted octanol–water partition coefficient (Wildman–Crippen LogP) is 1.08. The van der Waals surface area contributed by atoms with Crippen LogP contribution in [0.15, 0.2) is 0 Å². The summed E-state index contributed by atoms with van der Waals surface area (Å²) < 4.78 is 18.6. The van der Waals surface area contributed by atoms with Gasteiger partial charge in [0, 0.05) is 0 Å². The van der Waals surface area contributed by atoms with Gasteiger partial charge in [-0.2, -0.15) is 0 Å². The van der Waals surface area contributed by atoms with Crippen molar-refractivity contribution in [1.29, 1.82) is 0 Å². The van der Waals surface area contributed by atoms with E-state index in [9.17, 15) is 9.59 Å². The molecule has 3 atom stereocenters. The highest BCUT2D eigenvalue weighted by atomic mass is 16.8. The van der Waals surface area contributed by atoms with Gasteiger partial charge in [0.15, 0.2) is 6.10 Å². The summed E-state index contributed by atoms with van der Waals surface area (Å²) in [5.41, 5.74) is 0. The van der Waals surface area contributed by atoms with Crippen molar-refractivity contribution in [3.63, 3.8) is 0 Å². The molecule has 0 aromatic rings. The smallest absolute Gasteiger partial charge is 0.438 e. The third-order valence-corrected chi connectivity index (χ3v) is 1.89. The van der Waals surface area contributed by atoms with Gasteiger partial charge < -0.3 is 18.9 Å². The average molecular weight is 204 g/mol. The zero-order valence-electron chi connectivity index (χ0n) is 8.18. The molecule has 0 aromatic heterocycles. The Kier molecular flexibility index (Phi) is 3.16. The number of ether oxygens (including phenoxy) is 4. The first-order valence-electron chi connectivity index (χ1n) is 4.16. The Morgan fingerprint density at radius 3 is 2.57 bits per heavy atom. The van der Waals surface area contributed by atoms with Crippen LogP contribution in [0.5, 0.6) is 0 Å². The Hall–Kier alpha value is -1.46. The molecule has 0 spiro atoms. The van der Waals surface area contributed by atoms with Gasteiger partial charge in [0.1, 0.15) is 12.2 Å². The quantitative estimate of drug-likeness (QED) is 0.627. The minimum absolute atomic E-state index is 0.429. The number of methoxy groups -OCH3 is 1. The molecule has 6 heteroatoms. The summed E-state index contributed by atoms with van der Waals surface area (Å²) in [4.78, 5) is 21.4. The monoisotopic (exact) mass is 204 g/mol. The second-order valence-electron chi connectivity index (χ2n) is 2.93. The van der Waals surface area contributed by atoms with Gasteiger partial charge in [0.2, 0.25) is 0 Å². The van der Waals surface area contributed by atoms with Gasteiger partial charge in [-0.25, -0.2) is 9.59 Å². The number of cyclic esters (lactones) is 2. The molecule has 1 heterocycles. The Bertz CT molecular complexity index is 238. The van der Waals surface area contributed by atoms with E-state index < -0.39 is 30.6 Å². The van der Waals surface area contributed by atoms with E-state index in [4.69, 9.17) is 14.2 Å². The molecule has 0 radical (unpaired) electrons. The molecule has 0 aromatic carbocycles. The van der Waals surface area contributed by atoms with E-state index in [0.717, 1.165) is 0 Å². The maximum atomic E-state index is 10.7. The minimum Gasteiger partial charge on any atom is -0.438 e. The fourth-order valence-electron chi connectivity index (χ4n) is 1.20. The molecule has 1 saturated heterocycles. The summed E-state index contributed by atoms with van der Waals surface area (Å²) >= 11 is 0. The molecule has 3 unspecified atom stereocenters. The molecule has 80 valence electrons. The Morgan fingerprint density at radius 1 is 1.50 bits per heavy atom. The van der Waals surface area contributed by atoms with Crippen LogP contribution in [0.25, 0.3) is 0 Å². The second kappa shape index (κ2) is 4.17. The third kappa shape index (κ3) is 2.27. The number of carbonyl (C=O) groups excluding carboxylic acids is 2. The first-order chi connectivity index (χ1) is 6.54. The van der Waals surface area contributed by atoms with Gasteiger partial charge in [-0.1, -0.05) is 0 Å². The van der Waals surface area contributed by atoms with Crippen molar-refractivity contribution in [2.24, 2.45) is 0 Å². The summed E-state index contributed by atoms with van der Waals surface area (Å²) in [5, 5.41) is 0. The molecule has 1 aliphatic rings. The summed E-state index contributed by atoms with van der Waals surface area (Å²) in [7, 11) is 1.20. The van der Waals surface area contributed by atoms with E-state index in [1.54, 1.807) is 13.8 Å². The van der Waals surface area contributed by atoms with Crippen molar-refractivity contribution in [3.05, 3.63) is 0 Å². The highest BCUT2D eigenvalue weighted by Gasteiger charge is 2.39. The van der Waals surface area contributed by atoms with Crippen LogP contribution in [0, 0.1) is 0 Å². The Morgan fingerprint density at radius 2 is 2.14 bits per heavy atom. The van der Waals surface area contributed by atoms with Crippen LogP contribution in [-0.2, 0) is 18.9 Å². The molecule has 0 N–H and O–H groups in total. The molecule has 6 nitrogen and oxygen atoms in total. The molecular formula is C8H12O6. The third-order valence-electron chi connectivity index (χ3n) is 1.89. The summed E-state index contributed by atoms with van der Waals surface area (Å²) in [6.45, 7) is 3.26. The van der Waals surface area contributed by atoms with E-state index in [2.05, 4.69) is 4.74 Å². The fourth-order valence-corrected chi connectivity index (χ4v) is 1.20. The maximum Gasteiger partial charge on any atom is 0.509 e. The lowest BCUT2D eigenvalue weighted by Gasteiger charge is -2.18. The first kappa shape index (κ1) is 10.6. The number of hydrogen-bond donors (Lipinski definition) is 0. The van der Waals surface area contributed by atoms with E-state index in [1.807, 2.05) is 0 Å². The standard InChI is InChI=1S/C8H12O6/c1-4(12-7(9)11-3)6-5(2)13-8(10)14-6/h4-6H,1-3H3. The van der Waals surface area contributed by atoms with Gasteiger partial charge in [-0.3, -0.25) is 0 Å². The van der Waals surface area contributed by atoms with Crippen LogP contribution in [0.2, 0.25) is 0 Å². The van der Waals surface area contributed by atoms with Crippen molar-refractivity contribution in [1.82, 2.24) is 0 Å². The zero-order valence-corrected chi connectivity index (χ0v) is 8.18. The molecule has 0 saturated carbocycles. The highest BCUT2D eigenvalue weighted by molar-refractivity contribution is 5.63. The van der Waals surface area contributed by atoms with E-state index in [0.29, 0.717) is 0 Å². The molecule has 0 amide bonds. The van der Waals surface area contributed by atoms with E-state index in [-0.39, 0.29) is 0 Å². The number of rotatable bonds is 2. The van der Waals surface area contributed by atoms with Crippen molar-refractivity contribution in [3.8, 4) is 0 Å². The van der Waals surface area contributed by atoms with E-state index in [1.165, 1.54) is 7.11 Å². The van der Waals surface area contributed by atoms with Crippen LogP contribution in [0.3, 0.4) is 0 Å². The van der Waals surface area contributed by atoms with E-state index >= 15 is 0 Å². The van der Waals surface area contributed by atoms with Crippen molar-refractivity contribution in [2.75, 3.05) is 7.11 Å². The van der Waals surface area contributed by atoms with Crippen LogP contribution in [0.1, 0.15) is 13.8 Å². The van der Waals surface area contributed by atoms with Crippen LogP contribution >= 0.6 is 0 Å². The minimum atomic E-state index is -0.812. The molecule has 1 rings (SSSR count). The SMILES string of the molecule is COC(=O)OC(C)C1OC(=O)OC1C. The second-order valence-corrected chi connectivity index (χ2v) is 2.93. The lowest BCUT2D eigenvalue weighted by Crippen LogP contribution is -2.34. The lowest BCUT2D eigenvalue weighted by molar-refractivity contribution is -0.0169. The molecule has 14 heavy (non-hydrogen) atoms. The largest absolute Gasteiger partial charge is 0.509 e. The molecule has 0 bridgehead atoms. The van der Waals surface area contributed by atoms with Crippen LogP contribution in [-0.4, -0.2) is 37.7 Å². The number of carbonyl (C=O) groups is 2. The summed E-state index contributed by atoms with van der Waals surface area (Å²) in [5.74, 6) is 0. The van der Waals surface area contributed by atoms with Crippen molar-refractivity contribution < 1.29 is 28.5 Å². The molecule has 0 aliphatic carbocycles. The first-order valence-corrected chi connectivity index (χ1v) is 4.16. The van der Waals surface area contributed by atoms with Crippen LogP contribution in [0.4, 0.5) is 9.59 Å². The predicted molar refractivity (Wildman–Crippen MR) is 43.8 cm³/mol. The van der Waals surface area contributed by atoms with Crippen molar-refractivity contribution in [2.45, 2.75) is 32.2 Å². The Balaban J connectivity index is 2.48. The Labute approximate surface area is 81.1 Å². The molecule has 1 fully saturated rings. The highest BCUT2D eigenvalue weighted by Crippen LogP contribution is 2.19. The molecule has 1 aliphatic heterocycles. The normalized spacial score (nSPS) is 27.5. The van der Waals surface area contributed by atoms with Gasteiger partial charge >= 0.3 is 12.3 Å². The summed E-state index contributed by atoms with van der Waals surface area (Å²) in [6, 6.07) is 0. The zero-order chi connectivity index (χ0) is 10.7. The molecular weight excluding hydrogens is 192 g/mol.